The topological polar surface area (TPSA) is 54.3 Å². The fraction of sp³-hybridized carbons (Fsp3) is 0.609. The molecule has 2 aliphatic rings. The van der Waals surface area contributed by atoms with Crippen molar-refractivity contribution in [3.05, 3.63) is 48.5 Å². The summed E-state index contributed by atoms with van der Waals surface area (Å²) < 4.78 is 1.79. The molecule has 6 heteroatoms. The lowest BCUT2D eigenvalue weighted by Crippen LogP contribution is -2.40. The van der Waals surface area contributed by atoms with E-state index in [0.717, 1.165) is 44.3 Å². The molecule has 3 heterocycles. The first-order valence-electron chi connectivity index (χ1n) is 11.1. The highest BCUT2D eigenvalue weighted by Crippen LogP contribution is 2.32. The molecule has 0 N–H and O–H groups in total. The molecule has 2 aromatic rings. The second-order valence-electron chi connectivity index (χ2n) is 8.57. The molecule has 0 aliphatic carbocycles. The molecule has 1 amide bonds. The molecule has 2 fully saturated rings. The van der Waals surface area contributed by atoms with Gasteiger partial charge >= 0.3 is 0 Å². The highest BCUT2D eigenvalue weighted by Gasteiger charge is 2.32. The Morgan fingerprint density at radius 2 is 1.79 bits per heavy atom. The molecule has 0 spiro atoms. The van der Waals surface area contributed by atoms with Crippen LogP contribution in [-0.4, -0.2) is 63.2 Å². The van der Waals surface area contributed by atoms with Gasteiger partial charge < -0.3 is 9.80 Å². The molecule has 0 saturated carbocycles. The summed E-state index contributed by atoms with van der Waals surface area (Å²) in [6, 6.07) is 10.8. The molecule has 156 valence electrons. The zero-order valence-electron chi connectivity index (χ0n) is 17.3. The second kappa shape index (κ2) is 10.0. The van der Waals surface area contributed by atoms with Gasteiger partial charge in [-0.2, -0.15) is 5.10 Å². The van der Waals surface area contributed by atoms with E-state index in [-0.39, 0.29) is 0 Å². The average molecular weight is 396 g/mol. The quantitative estimate of drug-likeness (QED) is 0.690. The Bertz CT molecular complexity index is 740. The fourth-order valence-electron chi connectivity index (χ4n) is 4.90. The third kappa shape index (κ3) is 5.66. The smallest absolute Gasteiger partial charge is 0.222 e. The summed E-state index contributed by atoms with van der Waals surface area (Å²) in [6.45, 7) is 6.29. The van der Waals surface area contributed by atoms with E-state index >= 15 is 0 Å². The SMILES string of the molecule is O=C(CCCn1cncn1)N1CCC([C@@H]2CCN(CCc3ccccc3)C2)CC1. The summed E-state index contributed by atoms with van der Waals surface area (Å²) in [5, 5.41) is 4.09. The summed E-state index contributed by atoms with van der Waals surface area (Å²) in [5.41, 5.74) is 1.44. The predicted octanol–water partition coefficient (Wildman–Crippen LogP) is 2.86. The van der Waals surface area contributed by atoms with E-state index in [0.29, 0.717) is 12.3 Å². The Labute approximate surface area is 173 Å². The van der Waals surface area contributed by atoms with Crippen LogP contribution in [0.5, 0.6) is 0 Å². The van der Waals surface area contributed by atoms with Gasteiger partial charge in [-0.15, -0.1) is 0 Å². The van der Waals surface area contributed by atoms with E-state index in [9.17, 15) is 4.79 Å². The number of rotatable bonds is 8. The lowest BCUT2D eigenvalue weighted by atomic mass is 9.83. The fourth-order valence-corrected chi connectivity index (χ4v) is 4.90. The number of carbonyl (C=O) groups is 1. The van der Waals surface area contributed by atoms with Crippen molar-refractivity contribution in [2.75, 3.05) is 32.7 Å². The van der Waals surface area contributed by atoms with Crippen molar-refractivity contribution in [1.29, 1.82) is 0 Å². The number of hydrogen-bond donors (Lipinski definition) is 0. The molecule has 2 aliphatic heterocycles. The molecule has 29 heavy (non-hydrogen) atoms. The van der Waals surface area contributed by atoms with Gasteiger partial charge in [-0.3, -0.25) is 9.48 Å². The van der Waals surface area contributed by atoms with Crippen LogP contribution in [0.15, 0.2) is 43.0 Å². The maximum Gasteiger partial charge on any atom is 0.222 e. The number of hydrogen-bond acceptors (Lipinski definition) is 4. The zero-order valence-corrected chi connectivity index (χ0v) is 17.3. The largest absolute Gasteiger partial charge is 0.343 e. The number of nitrogens with zero attached hydrogens (tertiary/aromatic N) is 5. The number of aromatic nitrogens is 3. The summed E-state index contributed by atoms with van der Waals surface area (Å²) in [5.74, 6) is 1.91. The van der Waals surface area contributed by atoms with E-state index in [1.807, 2.05) is 0 Å². The molecule has 2 saturated heterocycles. The van der Waals surface area contributed by atoms with Gasteiger partial charge in [-0.25, -0.2) is 4.98 Å². The van der Waals surface area contributed by atoms with E-state index in [1.165, 1.54) is 44.5 Å². The molecule has 0 radical (unpaired) electrons. The maximum atomic E-state index is 12.5. The van der Waals surface area contributed by atoms with Crippen LogP contribution in [0.4, 0.5) is 0 Å². The van der Waals surface area contributed by atoms with Gasteiger partial charge in [0.05, 0.1) is 0 Å². The van der Waals surface area contributed by atoms with Gasteiger partial charge in [0.2, 0.25) is 5.91 Å². The van der Waals surface area contributed by atoms with Crippen molar-refractivity contribution < 1.29 is 4.79 Å². The van der Waals surface area contributed by atoms with Crippen LogP contribution in [0.3, 0.4) is 0 Å². The monoisotopic (exact) mass is 395 g/mol. The maximum absolute atomic E-state index is 12.5. The van der Waals surface area contributed by atoms with Crippen LogP contribution in [0, 0.1) is 11.8 Å². The number of carbonyl (C=O) groups excluding carboxylic acids is 1. The van der Waals surface area contributed by atoms with Crippen molar-refractivity contribution >= 4 is 5.91 Å². The molecule has 1 atom stereocenters. The minimum absolute atomic E-state index is 0.305. The third-order valence-corrected chi connectivity index (χ3v) is 6.67. The molecular formula is C23H33N5O. The minimum Gasteiger partial charge on any atom is -0.343 e. The average Bonchev–Trinajstić information content (AvgIpc) is 3.45. The summed E-state index contributed by atoms with van der Waals surface area (Å²) >= 11 is 0. The van der Waals surface area contributed by atoms with Gasteiger partial charge in [0.1, 0.15) is 12.7 Å². The first kappa shape index (κ1) is 20.1. The predicted molar refractivity (Wildman–Crippen MR) is 113 cm³/mol. The Hall–Kier alpha value is -2.21. The zero-order chi connectivity index (χ0) is 19.9. The van der Waals surface area contributed by atoms with Crippen LogP contribution in [0.25, 0.3) is 0 Å². The first-order chi connectivity index (χ1) is 14.3. The summed E-state index contributed by atoms with van der Waals surface area (Å²) in [4.78, 5) is 21.2. The molecule has 1 aromatic heterocycles. The Kier molecular flexibility index (Phi) is 6.93. The van der Waals surface area contributed by atoms with Crippen molar-refractivity contribution in [2.45, 2.75) is 45.1 Å². The normalized spacial score (nSPS) is 21.0. The van der Waals surface area contributed by atoms with Crippen LogP contribution in [0.2, 0.25) is 0 Å². The van der Waals surface area contributed by atoms with Crippen LogP contribution >= 0.6 is 0 Å². The highest BCUT2D eigenvalue weighted by molar-refractivity contribution is 5.76. The van der Waals surface area contributed by atoms with Crippen molar-refractivity contribution in [1.82, 2.24) is 24.6 Å². The Morgan fingerprint density at radius 1 is 1.00 bits per heavy atom. The first-order valence-corrected chi connectivity index (χ1v) is 11.1. The lowest BCUT2D eigenvalue weighted by molar-refractivity contribution is -0.133. The van der Waals surface area contributed by atoms with Gasteiger partial charge in [0, 0.05) is 39.1 Å². The number of aryl methyl sites for hydroxylation is 1. The number of likely N-dealkylation sites (tertiary alicyclic amines) is 2. The van der Waals surface area contributed by atoms with Gasteiger partial charge in [0.25, 0.3) is 0 Å². The summed E-state index contributed by atoms with van der Waals surface area (Å²) in [6.07, 6.45) is 9.51. The van der Waals surface area contributed by atoms with E-state index < -0.39 is 0 Å². The highest BCUT2D eigenvalue weighted by atomic mass is 16.2. The van der Waals surface area contributed by atoms with Crippen molar-refractivity contribution in [2.24, 2.45) is 11.8 Å². The van der Waals surface area contributed by atoms with Crippen molar-refractivity contribution in [3.8, 4) is 0 Å². The van der Waals surface area contributed by atoms with Crippen molar-refractivity contribution in [3.63, 3.8) is 0 Å². The Morgan fingerprint density at radius 3 is 2.55 bits per heavy atom. The molecule has 6 nitrogen and oxygen atoms in total. The van der Waals surface area contributed by atoms with Gasteiger partial charge in [0.15, 0.2) is 0 Å². The standard InChI is InChI=1S/C23H33N5O/c29-23(7-4-12-28-19-24-18-25-28)27-15-10-21(11-16-27)22-9-14-26(17-22)13-8-20-5-2-1-3-6-20/h1-3,5-6,18-19,21-22H,4,7-17H2/t22-/m1/s1. The lowest BCUT2D eigenvalue weighted by Gasteiger charge is -2.35. The van der Waals surface area contributed by atoms with Crippen LogP contribution in [0.1, 0.15) is 37.7 Å². The minimum atomic E-state index is 0.305. The molecule has 0 unspecified atom stereocenters. The van der Waals surface area contributed by atoms with E-state index in [4.69, 9.17) is 0 Å². The molecule has 1 aromatic carbocycles. The molecule has 4 rings (SSSR count). The molecular weight excluding hydrogens is 362 g/mol. The summed E-state index contributed by atoms with van der Waals surface area (Å²) in [7, 11) is 0. The van der Waals surface area contributed by atoms with Crippen LogP contribution in [-0.2, 0) is 17.8 Å². The van der Waals surface area contributed by atoms with Gasteiger partial charge in [-0.05, 0) is 56.0 Å². The van der Waals surface area contributed by atoms with E-state index in [1.54, 1.807) is 17.3 Å². The molecule has 0 bridgehead atoms. The number of piperidine rings is 1. The number of amides is 1. The number of benzene rings is 1. The van der Waals surface area contributed by atoms with E-state index in [2.05, 4.69) is 50.2 Å². The second-order valence-corrected chi connectivity index (χ2v) is 8.57. The van der Waals surface area contributed by atoms with Gasteiger partial charge in [-0.1, -0.05) is 30.3 Å². The van der Waals surface area contributed by atoms with Crippen LogP contribution < -0.4 is 0 Å². The third-order valence-electron chi connectivity index (χ3n) is 6.67. The Balaban J connectivity index is 1.14.